The van der Waals surface area contributed by atoms with Crippen molar-refractivity contribution in [1.29, 1.82) is 0 Å². The van der Waals surface area contributed by atoms with E-state index in [-0.39, 0.29) is 5.91 Å². The second kappa shape index (κ2) is 7.71. The first-order valence-corrected chi connectivity index (χ1v) is 9.17. The van der Waals surface area contributed by atoms with Crippen LogP contribution in [0.2, 0.25) is 0 Å². The predicted octanol–water partition coefficient (Wildman–Crippen LogP) is 1.69. The van der Waals surface area contributed by atoms with Crippen LogP contribution in [-0.2, 0) is 13.1 Å². The van der Waals surface area contributed by atoms with Crippen molar-refractivity contribution in [2.24, 2.45) is 0 Å². The van der Waals surface area contributed by atoms with Gasteiger partial charge in [0, 0.05) is 13.1 Å². The van der Waals surface area contributed by atoms with Gasteiger partial charge in [-0.05, 0) is 24.9 Å². The maximum Gasteiger partial charge on any atom is 0.276 e. The number of hydrogen-bond acceptors (Lipinski definition) is 5. The van der Waals surface area contributed by atoms with E-state index in [1.807, 2.05) is 30.3 Å². The number of amides is 1. The Kier molecular flexibility index (Phi) is 4.97. The Balaban J connectivity index is 1.38. The summed E-state index contributed by atoms with van der Waals surface area (Å²) in [5.74, 6) is 0.561. The first-order valence-electron chi connectivity index (χ1n) is 9.17. The molecule has 8 nitrogen and oxygen atoms in total. The van der Waals surface area contributed by atoms with Gasteiger partial charge in [0.15, 0.2) is 5.69 Å². The fourth-order valence-corrected chi connectivity index (χ4v) is 3.32. The molecule has 0 aliphatic carbocycles. The summed E-state index contributed by atoms with van der Waals surface area (Å²) in [7, 11) is 1.74. The van der Waals surface area contributed by atoms with Gasteiger partial charge in [0.1, 0.15) is 5.82 Å². The first-order chi connectivity index (χ1) is 13.2. The summed E-state index contributed by atoms with van der Waals surface area (Å²) >= 11 is 0. The van der Waals surface area contributed by atoms with Gasteiger partial charge in [-0.15, -0.1) is 5.10 Å². The van der Waals surface area contributed by atoms with Crippen molar-refractivity contribution in [3.8, 4) is 11.3 Å². The number of imidazole rings is 1. The molecule has 1 saturated heterocycles. The van der Waals surface area contributed by atoms with Crippen LogP contribution in [0.5, 0.6) is 0 Å². The standard InChI is InChI=1S/C19H23N7O/c1-25(13-18-21-10-16(22-18)14-6-3-2-4-7-14)19(27)17-12-26(24-23-17)11-15-8-5-9-20-15/h2-4,6-7,10,12,15,20H,5,8-9,11,13H2,1H3,(H,21,22). The second-order valence-electron chi connectivity index (χ2n) is 6.89. The van der Waals surface area contributed by atoms with Crippen molar-refractivity contribution >= 4 is 5.91 Å². The molecule has 2 N–H and O–H groups in total. The monoisotopic (exact) mass is 365 g/mol. The number of hydrogen-bond donors (Lipinski definition) is 2. The third-order valence-electron chi connectivity index (χ3n) is 4.77. The maximum absolute atomic E-state index is 12.6. The smallest absolute Gasteiger partial charge is 0.276 e. The molecule has 1 atom stereocenters. The van der Waals surface area contributed by atoms with E-state index < -0.39 is 0 Å². The maximum atomic E-state index is 12.6. The number of carbonyl (C=O) groups is 1. The average molecular weight is 365 g/mol. The summed E-state index contributed by atoms with van der Waals surface area (Å²) in [5, 5.41) is 11.5. The van der Waals surface area contributed by atoms with Crippen LogP contribution in [0.15, 0.2) is 42.7 Å². The van der Waals surface area contributed by atoms with Gasteiger partial charge in [0.2, 0.25) is 0 Å². The van der Waals surface area contributed by atoms with Gasteiger partial charge in [-0.1, -0.05) is 35.5 Å². The van der Waals surface area contributed by atoms with Crippen LogP contribution in [0.4, 0.5) is 0 Å². The van der Waals surface area contributed by atoms with E-state index in [4.69, 9.17) is 0 Å². The highest BCUT2D eigenvalue weighted by Crippen LogP contribution is 2.16. The molecule has 27 heavy (non-hydrogen) atoms. The molecule has 1 aliphatic heterocycles. The van der Waals surface area contributed by atoms with Crippen LogP contribution in [0, 0.1) is 0 Å². The van der Waals surface area contributed by atoms with E-state index in [0.29, 0.717) is 18.3 Å². The molecule has 1 amide bonds. The van der Waals surface area contributed by atoms with Crippen molar-refractivity contribution in [3.05, 3.63) is 54.2 Å². The van der Waals surface area contributed by atoms with E-state index in [1.54, 1.807) is 29.0 Å². The Hall–Kier alpha value is -3.00. The zero-order chi connectivity index (χ0) is 18.6. The molecular weight excluding hydrogens is 342 g/mol. The molecule has 0 bridgehead atoms. The Morgan fingerprint density at radius 1 is 1.33 bits per heavy atom. The third-order valence-corrected chi connectivity index (χ3v) is 4.77. The van der Waals surface area contributed by atoms with Gasteiger partial charge in [-0.3, -0.25) is 9.48 Å². The summed E-state index contributed by atoms with van der Waals surface area (Å²) in [6.07, 6.45) is 5.82. The highest BCUT2D eigenvalue weighted by atomic mass is 16.2. The molecule has 8 heteroatoms. The lowest BCUT2D eigenvalue weighted by atomic mass is 10.2. The molecule has 0 spiro atoms. The molecule has 2 aromatic heterocycles. The van der Waals surface area contributed by atoms with E-state index in [1.165, 1.54) is 6.42 Å². The molecule has 1 fully saturated rings. The summed E-state index contributed by atoms with van der Waals surface area (Å²) in [6, 6.07) is 10.4. The average Bonchev–Trinajstić information content (AvgIpc) is 3.44. The minimum absolute atomic E-state index is 0.168. The van der Waals surface area contributed by atoms with Crippen molar-refractivity contribution in [2.45, 2.75) is 32.0 Å². The predicted molar refractivity (Wildman–Crippen MR) is 101 cm³/mol. The fourth-order valence-electron chi connectivity index (χ4n) is 3.32. The van der Waals surface area contributed by atoms with Gasteiger partial charge in [0.05, 0.1) is 31.2 Å². The Morgan fingerprint density at radius 3 is 2.96 bits per heavy atom. The molecule has 0 saturated carbocycles. The van der Waals surface area contributed by atoms with Gasteiger partial charge in [-0.25, -0.2) is 4.98 Å². The van der Waals surface area contributed by atoms with Crippen LogP contribution < -0.4 is 5.32 Å². The van der Waals surface area contributed by atoms with Gasteiger partial charge >= 0.3 is 0 Å². The van der Waals surface area contributed by atoms with Crippen molar-refractivity contribution in [3.63, 3.8) is 0 Å². The molecule has 140 valence electrons. The minimum Gasteiger partial charge on any atom is -0.341 e. The molecular formula is C19H23N7O. The van der Waals surface area contributed by atoms with E-state index in [9.17, 15) is 4.79 Å². The highest BCUT2D eigenvalue weighted by molar-refractivity contribution is 5.91. The number of nitrogens with one attached hydrogen (secondary N) is 2. The van der Waals surface area contributed by atoms with E-state index >= 15 is 0 Å². The second-order valence-corrected chi connectivity index (χ2v) is 6.89. The number of H-pyrrole nitrogens is 1. The largest absolute Gasteiger partial charge is 0.341 e. The van der Waals surface area contributed by atoms with Crippen molar-refractivity contribution < 1.29 is 4.79 Å². The van der Waals surface area contributed by atoms with E-state index in [2.05, 4.69) is 25.6 Å². The zero-order valence-corrected chi connectivity index (χ0v) is 15.3. The topological polar surface area (TPSA) is 91.7 Å². The number of aromatic amines is 1. The Labute approximate surface area is 157 Å². The Bertz CT molecular complexity index is 896. The summed E-state index contributed by atoms with van der Waals surface area (Å²) in [4.78, 5) is 21.9. The van der Waals surface area contributed by atoms with Crippen LogP contribution in [0.1, 0.15) is 29.2 Å². The molecule has 0 radical (unpaired) electrons. The number of nitrogens with zero attached hydrogens (tertiary/aromatic N) is 5. The highest BCUT2D eigenvalue weighted by Gasteiger charge is 2.19. The van der Waals surface area contributed by atoms with Crippen LogP contribution in [0.25, 0.3) is 11.3 Å². The summed E-state index contributed by atoms with van der Waals surface area (Å²) in [6.45, 7) is 2.16. The molecule has 1 aliphatic rings. The number of benzene rings is 1. The number of aromatic nitrogens is 5. The minimum atomic E-state index is -0.168. The number of rotatable bonds is 6. The lowest BCUT2D eigenvalue weighted by molar-refractivity contribution is 0.0776. The van der Waals surface area contributed by atoms with E-state index in [0.717, 1.165) is 36.6 Å². The molecule has 3 aromatic rings. The lowest BCUT2D eigenvalue weighted by Crippen LogP contribution is -2.27. The zero-order valence-electron chi connectivity index (χ0n) is 15.3. The molecule has 1 unspecified atom stereocenters. The SMILES string of the molecule is CN(Cc1ncc(-c2ccccc2)[nH]1)C(=O)c1cn(CC2CCCN2)nn1. The van der Waals surface area contributed by atoms with Crippen LogP contribution in [-0.4, -0.2) is 55.4 Å². The Morgan fingerprint density at radius 2 is 2.19 bits per heavy atom. The molecule has 4 rings (SSSR count). The molecule has 1 aromatic carbocycles. The quantitative estimate of drug-likeness (QED) is 0.694. The third kappa shape index (κ3) is 4.06. The number of carbonyl (C=O) groups excluding carboxylic acids is 1. The van der Waals surface area contributed by atoms with Gasteiger partial charge < -0.3 is 15.2 Å². The normalized spacial score (nSPS) is 16.6. The van der Waals surface area contributed by atoms with Crippen molar-refractivity contribution in [2.75, 3.05) is 13.6 Å². The molecule has 3 heterocycles. The van der Waals surface area contributed by atoms with Crippen molar-refractivity contribution in [1.82, 2.24) is 35.2 Å². The first kappa shape index (κ1) is 17.4. The van der Waals surface area contributed by atoms with Gasteiger partial charge in [0.25, 0.3) is 5.91 Å². The summed E-state index contributed by atoms with van der Waals surface area (Å²) in [5.41, 5.74) is 2.35. The van der Waals surface area contributed by atoms with Crippen LogP contribution in [0.3, 0.4) is 0 Å². The van der Waals surface area contributed by atoms with Crippen LogP contribution >= 0.6 is 0 Å². The lowest BCUT2D eigenvalue weighted by Gasteiger charge is -2.13. The fraction of sp³-hybridized carbons (Fsp3) is 0.368. The van der Waals surface area contributed by atoms with Gasteiger partial charge in [-0.2, -0.15) is 0 Å². The summed E-state index contributed by atoms with van der Waals surface area (Å²) < 4.78 is 1.74.